The zero-order valence-electron chi connectivity index (χ0n) is 14.6. The minimum absolute atomic E-state index is 0.0725. The smallest absolute Gasteiger partial charge is 0.243 e. The molecule has 0 aliphatic carbocycles. The van der Waals surface area contributed by atoms with Crippen molar-refractivity contribution in [3.63, 3.8) is 0 Å². The van der Waals surface area contributed by atoms with E-state index >= 15 is 0 Å². The summed E-state index contributed by atoms with van der Waals surface area (Å²) in [6.07, 6.45) is 1.17. The second-order valence-corrected chi connectivity index (χ2v) is 8.51. The van der Waals surface area contributed by atoms with Crippen molar-refractivity contribution in [2.75, 3.05) is 27.2 Å². The Bertz CT molecular complexity index is 680. The summed E-state index contributed by atoms with van der Waals surface area (Å²) in [6.45, 7) is 6.46. The van der Waals surface area contributed by atoms with Crippen LogP contribution in [-0.2, 0) is 14.8 Å². The average molecular weight is 338 g/mol. The Morgan fingerprint density at radius 2 is 1.57 bits per heavy atom. The Balaban J connectivity index is 2.22. The maximum atomic E-state index is 13.0. The van der Waals surface area contributed by atoms with E-state index in [9.17, 15) is 13.2 Å². The molecule has 0 saturated carbocycles. The predicted octanol–water partition coefficient (Wildman–Crippen LogP) is 2.10. The van der Waals surface area contributed by atoms with Crippen LogP contribution >= 0.6 is 0 Å². The minimum atomic E-state index is -3.50. The van der Waals surface area contributed by atoms with Crippen LogP contribution < -0.4 is 0 Å². The van der Waals surface area contributed by atoms with Crippen molar-refractivity contribution in [2.45, 2.75) is 38.5 Å². The van der Waals surface area contributed by atoms with Crippen molar-refractivity contribution in [1.82, 2.24) is 9.21 Å². The standard InChI is InChI=1S/C17H26N2O3S/c1-12-10-13(2)16(14(3)11-12)23(21,22)19-8-6-15(7-9-19)17(20)18(4)5/h10-11,15H,6-9H2,1-5H3. The highest BCUT2D eigenvalue weighted by Crippen LogP contribution is 2.29. The van der Waals surface area contributed by atoms with Crippen molar-refractivity contribution in [2.24, 2.45) is 5.92 Å². The summed E-state index contributed by atoms with van der Waals surface area (Å²) < 4.78 is 27.5. The van der Waals surface area contributed by atoms with Crippen LogP contribution in [0, 0.1) is 26.7 Å². The summed E-state index contributed by atoms with van der Waals surface area (Å²) in [5, 5.41) is 0. The van der Waals surface area contributed by atoms with Crippen LogP contribution in [-0.4, -0.2) is 50.7 Å². The molecule has 0 atom stereocenters. The highest BCUT2D eigenvalue weighted by Gasteiger charge is 2.34. The summed E-state index contributed by atoms with van der Waals surface area (Å²) in [5.41, 5.74) is 2.64. The number of hydrogen-bond donors (Lipinski definition) is 0. The number of rotatable bonds is 3. The topological polar surface area (TPSA) is 57.7 Å². The summed E-state index contributed by atoms with van der Waals surface area (Å²) in [4.78, 5) is 14.0. The average Bonchev–Trinajstić information content (AvgIpc) is 2.45. The molecular weight excluding hydrogens is 312 g/mol. The van der Waals surface area contributed by atoms with Crippen molar-refractivity contribution in [3.8, 4) is 0 Å². The first-order valence-electron chi connectivity index (χ1n) is 7.93. The molecular formula is C17H26N2O3S. The van der Waals surface area contributed by atoms with E-state index in [0.717, 1.165) is 16.7 Å². The quantitative estimate of drug-likeness (QED) is 0.848. The van der Waals surface area contributed by atoms with Crippen molar-refractivity contribution in [3.05, 3.63) is 28.8 Å². The zero-order chi connectivity index (χ0) is 17.4. The molecule has 0 bridgehead atoms. The Kier molecular flexibility index (Phi) is 5.16. The number of amides is 1. The van der Waals surface area contributed by atoms with Gasteiger partial charge in [0.15, 0.2) is 0 Å². The van der Waals surface area contributed by atoms with E-state index < -0.39 is 10.0 Å². The van der Waals surface area contributed by atoms with Crippen molar-refractivity contribution in [1.29, 1.82) is 0 Å². The molecule has 0 spiro atoms. The van der Waals surface area contributed by atoms with E-state index in [1.54, 1.807) is 19.0 Å². The van der Waals surface area contributed by atoms with Gasteiger partial charge in [0, 0.05) is 33.1 Å². The van der Waals surface area contributed by atoms with Crippen LogP contribution in [0.5, 0.6) is 0 Å². The van der Waals surface area contributed by atoms with Gasteiger partial charge in [0.2, 0.25) is 15.9 Å². The van der Waals surface area contributed by atoms with Gasteiger partial charge in [-0.2, -0.15) is 4.31 Å². The molecule has 1 aliphatic heterocycles. The SMILES string of the molecule is Cc1cc(C)c(S(=O)(=O)N2CCC(C(=O)N(C)C)CC2)c(C)c1. The number of benzene rings is 1. The first-order chi connectivity index (χ1) is 10.6. The van der Waals surface area contributed by atoms with Crippen LogP contribution in [0.25, 0.3) is 0 Å². The van der Waals surface area contributed by atoms with Gasteiger partial charge in [-0.25, -0.2) is 8.42 Å². The van der Waals surface area contributed by atoms with Gasteiger partial charge in [-0.1, -0.05) is 17.7 Å². The van der Waals surface area contributed by atoms with Gasteiger partial charge in [0.1, 0.15) is 0 Å². The Morgan fingerprint density at radius 3 is 2.00 bits per heavy atom. The van der Waals surface area contributed by atoms with Crippen LogP contribution in [0.1, 0.15) is 29.5 Å². The number of sulfonamides is 1. The number of carbonyl (C=O) groups is 1. The van der Waals surface area contributed by atoms with E-state index in [1.165, 1.54) is 4.31 Å². The third-order valence-corrected chi connectivity index (χ3v) is 6.65. The fourth-order valence-corrected chi connectivity index (χ4v) is 5.29. The highest BCUT2D eigenvalue weighted by atomic mass is 32.2. The van der Waals surface area contributed by atoms with E-state index in [0.29, 0.717) is 30.8 Å². The normalized spacial score (nSPS) is 17.3. The van der Waals surface area contributed by atoms with Gasteiger partial charge >= 0.3 is 0 Å². The molecule has 0 unspecified atom stereocenters. The first-order valence-corrected chi connectivity index (χ1v) is 9.37. The third kappa shape index (κ3) is 3.58. The lowest BCUT2D eigenvalue weighted by molar-refractivity contribution is -0.134. The van der Waals surface area contributed by atoms with Gasteiger partial charge in [-0.3, -0.25) is 4.79 Å². The lowest BCUT2D eigenvalue weighted by Crippen LogP contribution is -2.43. The van der Waals surface area contributed by atoms with Gasteiger partial charge in [0.25, 0.3) is 0 Å². The molecule has 1 amide bonds. The Labute approximate surface area is 139 Å². The van der Waals surface area contributed by atoms with Gasteiger partial charge in [0.05, 0.1) is 4.90 Å². The van der Waals surface area contributed by atoms with Crippen molar-refractivity contribution >= 4 is 15.9 Å². The van der Waals surface area contributed by atoms with E-state index in [1.807, 2.05) is 32.9 Å². The molecule has 1 fully saturated rings. The van der Waals surface area contributed by atoms with E-state index in [-0.39, 0.29) is 11.8 Å². The van der Waals surface area contributed by atoms with Gasteiger partial charge in [-0.05, 0) is 44.7 Å². The summed E-state index contributed by atoms with van der Waals surface area (Å²) >= 11 is 0. The third-order valence-electron chi connectivity index (χ3n) is 4.45. The molecule has 0 N–H and O–H groups in total. The van der Waals surface area contributed by atoms with Crippen LogP contribution in [0.2, 0.25) is 0 Å². The maximum Gasteiger partial charge on any atom is 0.243 e. The molecule has 0 radical (unpaired) electrons. The number of carbonyl (C=O) groups excluding carboxylic acids is 1. The summed E-state index contributed by atoms with van der Waals surface area (Å²) in [6, 6.07) is 3.81. The second-order valence-electron chi connectivity index (χ2n) is 6.64. The minimum Gasteiger partial charge on any atom is -0.349 e. The highest BCUT2D eigenvalue weighted by molar-refractivity contribution is 7.89. The lowest BCUT2D eigenvalue weighted by Gasteiger charge is -2.32. The molecule has 1 heterocycles. The fraction of sp³-hybridized carbons (Fsp3) is 0.588. The molecule has 128 valence electrons. The van der Waals surface area contributed by atoms with E-state index in [2.05, 4.69) is 0 Å². The molecule has 23 heavy (non-hydrogen) atoms. The second kappa shape index (κ2) is 6.61. The number of piperidine rings is 1. The summed E-state index contributed by atoms with van der Waals surface area (Å²) in [5.74, 6) is 0.0152. The Morgan fingerprint density at radius 1 is 1.09 bits per heavy atom. The number of aryl methyl sites for hydroxylation is 3. The number of nitrogens with zero attached hydrogens (tertiary/aromatic N) is 2. The summed E-state index contributed by atoms with van der Waals surface area (Å²) in [7, 11) is -0.0200. The zero-order valence-corrected chi connectivity index (χ0v) is 15.4. The molecule has 1 aromatic carbocycles. The molecule has 1 aromatic rings. The van der Waals surface area contributed by atoms with E-state index in [4.69, 9.17) is 0 Å². The molecule has 2 rings (SSSR count). The maximum absolute atomic E-state index is 13.0. The van der Waals surface area contributed by atoms with Crippen LogP contribution in [0.3, 0.4) is 0 Å². The van der Waals surface area contributed by atoms with Crippen LogP contribution in [0.15, 0.2) is 17.0 Å². The lowest BCUT2D eigenvalue weighted by atomic mass is 9.97. The van der Waals surface area contributed by atoms with Crippen molar-refractivity contribution < 1.29 is 13.2 Å². The molecule has 0 aromatic heterocycles. The largest absolute Gasteiger partial charge is 0.349 e. The molecule has 6 heteroatoms. The molecule has 5 nitrogen and oxygen atoms in total. The fourth-order valence-electron chi connectivity index (χ4n) is 3.41. The Hall–Kier alpha value is -1.40. The monoisotopic (exact) mass is 338 g/mol. The molecule has 1 saturated heterocycles. The molecule has 1 aliphatic rings. The first kappa shape index (κ1) is 17.9. The van der Waals surface area contributed by atoms with Gasteiger partial charge in [-0.15, -0.1) is 0 Å². The predicted molar refractivity (Wildman–Crippen MR) is 90.8 cm³/mol. The van der Waals surface area contributed by atoms with Crippen LogP contribution in [0.4, 0.5) is 0 Å². The number of hydrogen-bond acceptors (Lipinski definition) is 3. The van der Waals surface area contributed by atoms with Gasteiger partial charge < -0.3 is 4.90 Å².